The molecule has 0 spiro atoms. The molecule has 24 heavy (non-hydrogen) atoms. The highest BCUT2D eigenvalue weighted by Gasteiger charge is 2.06. The second-order valence-electron chi connectivity index (χ2n) is 5.78. The van der Waals surface area contributed by atoms with Gasteiger partial charge in [-0.25, -0.2) is 9.97 Å². The molecule has 5 nitrogen and oxygen atoms in total. The molecule has 2 aromatic rings. The van der Waals surface area contributed by atoms with E-state index in [-0.39, 0.29) is 0 Å². The van der Waals surface area contributed by atoms with Gasteiger partial charge in [-0.1, -0.05) is 19.1 Å². The first-order valence-corrected chi connectivity index (χ1v) is 8.02. The first kappa shape index (κ1) is 15.9. The van der Waals surface area contributed by atoms with Crippen molar-refractivity contribution in [3.63, 3.8) is 0 Å². The van der Waals surface area contributed by atoms with Crippen LogP contribution in [-0.4, -0.2) is 16.2 Å². The van der Waals surface area contributed by atoms with E-state index in [0.717, 1.165) is 35.2 Å². The van der Waals surface area contributed by atoms with Crippen LogP contribution in [0.3, 0.4) is 0 Å². The zero-order chi connectivity index (χ0) is 16.9. The Labute approximate surface area is 142 Å². The molecule has 5 heteroatoms. The molecule has 2 heterocycles. The molecule has 1 aromatic heterocycles. The molecule has 3 rings (SSSR count). The molecule has 0 unspecified atom stereocenters. The molecule has 122 valence electrons. The summed E-state index contributed by atoms with van der Waals surface area (Å²) in [6.07, 6.45) is 11.5. The molecule has 0 radical (unpaired) electrons. The summed E-state index contributed by atoms with van der Waals surface area (Å²) in [6.45, 7) is 4.16. The fourth-order valence-corrected chi connectivity index (χ4v) is 2.43. The summed E-state index contributed by atoms with van der Waals surface area (Å²) in [5.41, 5.74) is 11.9. The highest BCUT2D eigenvalue weighted by atomic mass is 15.1. The molecule has 1 aromatic carbocycles. The monoisotopic (exact) mass is 319 g/mol. The minimum absolute atomic E-state index is 0.547. The number of nitrogen functional groups attached to an aromatic ring is 1. The number of rotatable bonds is 4. The van der Waals surface area contributed by atoms with Gasteiger partial charge in [0, 0.05) is 41.7 Å². The van der Waals surface area contributed by atoms with Gasteiger partial charge < -0.3 is 11.1 Å². The third-order valence-corrected chi connectivity index (χ3v) is 4.00. The Hall–Kier alpha value is -2.95. The summed E-state index contributed by atoms with van der Waals surface area (Å²) in [6, 6.07) is 5.73. The van der Waals surface area contributed by atoms with E-state index in [1.807, 2.05) is 49.9 Å². The van der Waals surface area contributed by atoms with Gasteiger partial charge in [0.15, 0.2) is 0 Å². The van der Waals surface area contributed by atoms with Crippen LogP contribution in [0.15, 0.2) is 53.4 Å². The summed E-state index contributed by atoms with van der Waals surface area (Å²) in [5.74, 6) is 0.547. The van der Waals surface area contributed by atoms with Gasteiger partial charge in [-0.15, -0.1) is 0 Å². The zero-order valence-electron chi connectivity index (χ0n) is 14.0. The van der Waals surface area contributed by atoms with Gasteiger partial charge >= 0.3 is 0 Å². The topological polar surface area (TPSA) is 76.2 Å². The Morgan fingerprint density at radius 2 is 2.00 bits per heavy atom. The molecular weight excluding hydrogens is 298 g/mol. The van der Waals surface area contributed by atoms with Crippen LogP contribution in [0.25, 0.3) is 5.57 Å². The maximum atomic E-state index is 5.83. The van der Waals surface area contributed by atoms with E-state index in [4.69, 9.17) is 5.73 Å². The molecule has 1 aliphatic rings. The highest BCUT2D eigenvalue weighted by Crippen LogP contribution is 2.22. The van der Waals surface area contributed by atoms with Crippen molar-refractivity contribution >= 4 is 29.1 Å². The van der Waals surface area contributed by atoms with E-state index in [1.54, 1.807) is 0 Å². The summed E-state index contributed by atoms with van der Waals surface area (Å²) in [4.78, 5) is 13.2. The molecule has 0 amide bonds. The van der Waals surface area contributed by atoms with Crippen LogP contribution in [0.4, 0.5) is 17.3 Å². The summed E-state index contributed by atoms with van der Waals surface area (Å²) >= 11 is 0. The Bertz CT molecular complexity index is 816. The predicted octanol–water partition coefficient (Wildman–Crippen LogP) is 4.26. The average molecular weight is 319 g/mol. The molecule has 0 saturated carbocycles. The molecule has 0 saturated heterocycles. The van der Waals surface area contributed by atoms with Crippen molar-refractivity contribution in [3.05, 3.63) is 59.6 Å². The van der Waals surface area contributed by atoms with Gasteiger partial charge in [0.05, 0.1) is 0 Å². The number of allylic oxidation sites excluding steroid dienone is 3. The molecular formula is C19H21N5. The lowest BCUT2D eigenvalue weighted by molar-refractivity contribution is 1.03. The summed E-state index contributed by atoms with van der Waals surface area (Å²) < 4.78 is 0. The molecule has 0 fully saturated rings. The summed E-state index contributed by atoms with van der Waals surface area (Å²) in [5, 5.41) is 3.21. The van der Waals surface area contributed by atoms with Crippen molar-refractivity contribution in [2.24, 2.45) is 4.99 Å². The van der Waals surface area contributed by atoms with Crippen molar-refractivity contribution in [1.29, 1.82) is 0 Å². The lowest BCUT2D eigenvalue weighted by Crippen LogP contribution is -2.00. The third-order valence-electron chi connectivity index (χ3n) is 4.00. The van der Waals surface area contributed by atoms with E-state index < -0.39 is 0 Å². The Morgan fingerprint density at radius 1 is 1.21 bits per heavy atom. The number of hydrogen-bond donors (Lipinski definition) is 2. The van der Waals surface area contributed by atoms with Crippen LogP contribution in [0.5, 0.6) is 0 Å². The lowest BCUT2D eigenvalue weighted by atomic mass is 10.1. The van der Waals surface area contributed by atoms with Crippen molar-refractivity contribution in [1.82, 2.24) is 9.97 Å². The number of aromatic nitrogens is 2. The molecule has 0 bridgehead atoms. The normalized spacial score (nSPS) is 13.9. The van der Waals surface area contributed by atoms with Gasteiger partial charge in [0.25, 0.3) is 0 Å². The van der Waals surface area contributed by atoms with E-state index in [2.05, 4.69) is 33.3 Å². The van der Waals surface area contributed by atoms with Gasteiger partial charge in [0.2, 0.25) is 5.95 Å². The van der Waals surface area contributed by atoms with E-state index >= 15 is 0 Å². The SMILES string of the molecule is CCC1=CN=CC(c2cnc(Nc3cc(N)ccc3C)nc2)=CC1. The quantitative estimate of drug-likeness (QED) is 0.825. The first-order valence-electron chi connectivity index (χ1n) is 8.02. The minimum atomic E-state index is 0.547. The number of aryl methyl sites for hydroxylation is 1. The number of hydrogen-bond acceptors (Lipinski definition) is 5. The Balaban J connectivity index is 1.76. The van der Waals surface area contributed by atoms with E-state index in [9.17, 15) is 0 Å². The van der Waals surface area contributed by atoms with Gasteiger partial charge in [-0.05, 0) is 48.6 Å². The second-order valence-corrected chi connectivity index (χ2v) is 5.78. The minimum Gasteiger partial charge on any atom is -0.399 e. The largest absolute Gasteiger partial charge is 0.399 e. The molecule has 3 N–H and O–H groups in total. The van der Waals surface area contributed by atoms with Crippen LogP contribution in [0.2, 0.25) is 0 Å². The van der Waals surface area contributed by atoms with Gasteiger partial charge in [-0.2, -0.15) is 0 Å². The zero-order valence-corrected chi connectivity index (χ0v) is 14.0. The van der Waals surface area contributed by atoms with Crippen molar-refractivity contribution in [2.75, 3.05) is 11.1 Å². The predicted molar refractivity (Wildman–Crippen MR) is 100 cm³/mol. The third kappa shape index (κ3) is 3.68. The van der Waals surface area contributed by atoms with Crippen molar-refractivity contribution in [2.45, 2.75) is 26.7 Å². The van der Waals surface area contributed by atoms with Crippen molar-refractivity contribution in [3.8, 4) is 0 Å². The van der Waals surface area contributed by atoms with E-state index in [0.29, 0.717) is 11.6 Å². The number of nitrogens with one attached hydrogen (secondary N) is 1. The number of nitrogens with zero attached hydrogens (tertiary/aromatic N) is 3. The first-order chi connectivity index (χ1) is 11.7. The fourth-order valence-electron chi connectivity index (χ4n) is 2.43. The highest BCUT2D eigenvalue weighted by molar-refractivity contribution is 6.10. The smallest absolute Gasteiger partial charge is 0.227 e. The van der Waals surface area contributed by atoms with Gasteiger partial charge in [-0.3, -0.25) is 4.99 Å². The fraction of sp³-hybridized carbons (Fsp3) is 0.211. The second kappa shape index (κ2) is 7.08. The maximum Gasteiger partial charge on any atom is 0.227 e. The molecule has 0 atom stereocenters. The number of anilines is 3. The van der Waals surface area contributed by atoms with Crippen LogP contribution in [-0.2, 0) is 0 Å². The van der Waals surface area contributed by atoms with Gasteiger partial charge in [0.1, 0.15) is 0 Å². The van der Waals surface area contributed by atoms with Crippen LogP contribution >= 0.6 is 0 Å². The molecule has 1 aliphatic heterocycles. The van der Waals surface area contributed by atoms with Crippen LogP contribution in [0, 0.1) is 6.92 Å². The number of aliphatic imine (C=N–C) groups is 1. The Kier molecular flexibility index (Phi) is 4.70. The van der Waals surface area contributed by atoms with Crippen molar-refractivity contribution < 1.29 is 0 Å². The standard InChI is InChI=1S/C19H21N5/c1-3-14-5-6-15(10-21-9-14)16-11-22-19(23-12-16)24-18-8-17(20)7-4-13(18)2/h4,6-12H,3,5,20H2,1-2H3,(H,22,23,24). The van der Waals surface area contributed by atoms with E-state index in [1.165, 1.54) is 5.57 Å². The number of nitrogens with two attached hydrogens (primary N) is 1. The Morgan fingerprint density at radius 3 is 2.75 bits per heavy atom. The number of benzene rings is 1. The average Bonchev–Trinajstić information content (AvgIpc) is 2.84. The molecule has 0 aliphatic carbocycles. The maximum absolute atomic E-state index is 5.83. The van der Waals surface area contributed by atoms with Crippen LogP contribution in [0.1, 0.15) is 30.9 Å². The summed E-state index contributed by atoms with van der Waals surface area (Å²) in [7, 11) is 0. The van der Waals surface area contributed by atoms with Crippen LogP contribution < -0.4 is 11.1 Å². The lowest BCUT2D eigenvalue weighted by Gasteiger charge is -2.09.